The Bertz CT molecular complexity index is 112. The minimum absolute atomic E-state index is 0.809. The van der Waals surface area contributed by atoms with E-state index in [0.717, 1.165) is 16.5 Å². The van der Waals surface area contributed by atoms with Gasteiger partial charge >= 0.3 is 0 Å². The number of nitrogens with one attached hydrogen (secondary N) is 1. The van der Waals surface area contributed by atoms with Crippen molar-refractivity contribution in [2.24, 2.45) is 5.92 Å². The first-order chi connectivity index (χ1) is 4.86. The molecule has 10 heavy (non-hydrogen) atoms. The topological polar surface area (TPSA) is 12.0 Å². The monoisotopic (exact) mass is 157 g/mol. The lowest BCUT2D eigenvalue weighted by molar-refractivity contribution is 0.353. The van der Waals surface area contributed by atoms with Gasteiger partial charge in [0.2, 0.25) is 0 Å². The van der Waals surface area contributed by atoms with Gasteiger partial charge in [0.1, 0.15) is 0 Å². The molecule has 0 spiro atoms. The lowest BCUT2D eigenvalue weighted by Crippen LogP contribution is -2.35. The highest BCUT2D eigenvalue weighted by Crippen LogP contribution is 2.40. The number of piperidine rings is 1. The maximum atomic E-state index is 3.57. The molecule has 0 aromatic rings. The zero-order valence-electron chi connectivity index (χ0n) is 6.47. The SMILES string of the molecule is CC1CC2CCCNC2S1. The van der Waals surface area contributed by atoms with Crippen LogP contribution in [-0.4, -0.2) is 17.2 Å². The molecule has 2 heterocycles. The van der Waals surface area contributed by atoms with E-state index in [1.807, 2.05) is 0 Å². The van der Waals surface area contributed by atoms with Gasteiger partial charge in [-0.1, -0.05) is 6.92 Å². The fraction of sp³-hybridized carbons (Fsp3) is 1.00. The fourth-order valence-electron chi connectivity index (χ4n) is 2.06. The molecule has 0 radical (unpaired) electrons. The van der Waals surface area contributed by atoms with Crippen molar-refractivity contribution in [1.82, 2.24) is 5.32 Å². The zero-order chi connectivity index (χ0) is 6.97. The average molecular weight is 157 g/mol. The average Bonchev–Trinajstić information content (AvgIpc) is 2.27. The van der Waals surface area contributed by atoms with Crippen molar-refractivity contribution in [3.8, 4) is 0 Å². The molecule has 2 heteroatoms. The van der Waals surface area contributed by atoms with Crippen LogP contribution < -0.4 is 5.32 Å². The van der Waals surface area contributed by atoms with Crippen LogP contribution in [0.4, 0.5) is 0 Å². The molecule has 0 aromatic carbocycles. The molecule has 3 atom stereocenters. The normalized spacial score (nSPS) is 47.1. The van der Waals surface area contributed by atoms with Gasteiger partial charge in [-0.25, -0.2) is 0 Å². The predicted molar refractivity (Wildman–Crippen MR) is 46.2 cm³/mol. The molecule has 1 nitrogen and oxygen atoms in total. The van der Waals surface area contributed by atoms with Crippen LogP contribution in [0.2, 0.25) is 0 Å². The van der Waals surface area contributed by atoms with E-state index in [0.29, 0.717) is 0 Å². The lowest BCUT2D eigenvalue weighted by Gasteiger charge is -2.25. The summed E-state index contributed by atoms with van der Waals surface area (Å²) in [5.74, 6) is 0.994. The Morgan fingerprint density at radius 1 is 1.50 bits per heavy atom. The molecule has 0 amide bonds. The predicted octanol–water partition coefficient (Wildman–Crippen LogP) is 1.84. The van der Waals surface area contributed by atoms with Crippen LogP contribution in [0, 0.1) is 5.92 Å². The second-order valence-corrected chi connectivity index (χ2v) is 5.04. The highest BCUT2D eigenvalue weighted by molar-refractivity contribution is 8.00. The van der Waals surface area contributed by atoms with Gasteiger partial charge in [-0.3, -0.25) is 0 Å². The van der Waals surface area contributed by atoms with Gasteiger partial charge in [0, 0.05) is 5.25 Å². The highest BCUT2D eigenvalue weighted by Gasteiger charge is 2.33. The third kappa shape index (κ3) is 1.19. The summed E-state index contributed by atoms with van der Waals surface area (Å²) in [6, 6.07) is 0. The Morgan fingerprint density at radius 3 is 3.20 bits per heavy atom. The standard InChI is InChI=1S/C8H15NS/c1-6-5-7-3-2-4-9-8(7)10-6/h6-9H,2-5H2,1H3. The Balaban J connectivity index is 1.97. The smallest absolute Gasteiger partial charge is 0.0563 e. The zero-order valence-corrected chi connectivity index (χ0v) is 7.29. The molecule has 1 N–H and O–H groups in total. The van der Waals surface area contributed by atoms with E-state index in [2.05, 4.69) is 24.0 Å². The van der Waals surface area contributed by atoms with Crippen molar-refractivity contribution in [3.05, 3.63) is 0 Å². The van der Waals surface area contributed by atoms with Gasteiger partial charge < -0.3 is 5.32 Å². The van der Waals surface area contributed by atoms with Crippen LogP contribution >= 0.6 is 11.8 Å². The van der Waals surface area contributed by atoms with Crippen LogP contribution in [0.1, 0.15) is 26.2 Å². The maximum Gasteiger partial charge on any atom is 0.0563 e. The van der Waals surface area contributed by atoms with E-state index in [1.54, 1.807) is 0 Å². The molecule has 2 aliphatic heterocycles. The molecule has 3 unspecified atom stereocenters. The minimum Gasteiger partial charge on any atom is -0.305 e. The van der Waals surface area contributed by atoms with E-state index in [1.165, 1.54) is 25.8 Å². The van der Waals surface area contributed by atoms with Crippen LogP contribution in [0.15, 0.2) is 0 Å². The van der Waals surface area contributed by atoms with Crippen molar-refractivity contribution < 1.29 is 0 Å². The summed E-state index contributed by atoms with van der Waals surface area (Å²) >= 11 is 2.14. The molecule has 0 bridgehead atoms. The van der Waals surface area contributed by atoms with Crippen molar-refractivity contribution in [2.45, 2.75) is 36.8 Å². The molecule has 0 aliphatic carbocycles. The van der Waals surface area contributed by atoms with Crippen LogP contribution in [0.3, 0.4) is 0 Å². The van der Waals surface area contributed by atoms with Gasteiger partial charge in [-0.15, -0.1) is 11.8 Å². The number of rotatable bonds is 0. The second kappa shape index (κ2) is 2.74. The van der Waals surface area contributed by atoms with Gasteiger partial charge in [0.15, 0.2) is 0 Å². The Morgan fingerprint density at radius 2 is 2.40 bits per heavy atom. The van der Waals surface area contributed by atoms with Crippen LogP contribution in [-0.2, 0) is 0 Å². The summed E-state index contributed by atoms with van der Waals surface area (Å²) < 4.78 is 0. The molecular formula is C8H15NS. The summed E-state index contributed by atoms with van der Waals surface area (Å²) in [6.07, 6.45) is 4.31. The van der Waals surface area contributed by atoms with Gasteiger partial charge in [-0.2, -0.15) is 0 Å². The summed E-state index contributed by atoms with van der Waals surface area (Å²) in [5, 5.41) is 5.29. The van der Waals surface area contributed by atoms with Crippen molar-refractivity contribution >= 4 is 11.8 Å². The van der Waals surface area contributed by atoms with E-state index in [-0.39, 0.29) is 0 Å². The Labute approximate surface area is 67.0 Å². The number of fused-ring (bicyclic) bond motifs is 1. The first-order valence-corrected chi connectivity index (χ1v) is 5.19. The Kier molecular flexibility index (Phi) is 1.92. The number of thioether (sulfide) groups is 1. The van der Waals surface area contributed by atoms with E-state index in [4.69, 9.17) is 0 Å². The quantitative estimate of drug-likeness (QED) is 0.576. The van der Waals surface area contributed by atoms with Crippen molar-refractivity contribution in [2.75, 3.05) is 6.54 Å². The largest absolute Gasteiger partial charge is 0.305 e. The van der Waals surface area contributed by atoms with Gasteiger partial charge in [-0.05, 0) is 31.7 Å². The highest BCUT2D eigenvalue weighted by atomic mass is 32.2. The molecular weight excluding hydrogens is 142 g/mol. The molecule has 2 aliphatic rings. The third-order valence-electron chi connectivity index (χ3n) is 2.54. The summed E-state index contributed by atoms with van der Waals surface area (Å²) in [7, 11) is 0. The number of hydrogen-bond donors (Lipinski definition) is 1. The summed E-state index contributed by atoms with van der Waals surface area (Å²) in [5.41, 5.74) is 0. The van der Waals surface area contributed by atoms with Crippen molar-refractivity contribution in [3.63, 3.8) is 0 Å². The molecule has 2 rings (SSSR count). The molecule has 0 aromatic heterocycles. The first-order valence-electron chi connectivity index (χ1n) is 4.25. The Hall–Kier alpha value is 0.310. The van der Waals surface area contributed by atoms with Gasteiger partial charge in [0.25, 0.3) is 0 Å². The van der Waals surface area contributed by atoms with E-state index < -0.39 is 0 Å². The number of hydrogen-bond acceptors (Lipinski definition) is 2. The molecule has 2 saturated heterocycles. The lowest BCUT2D eigenvalue weighted by atomic mass is 9.95. The van der Waals surface area contributed by atoms with Gasteiger partial charge in [0.05, 0.1) is 5.37 Å². The van der Waals surface area contributed by atoms with E-state index in [9.17, 15) is 0 Å². The first kappa shape index (κ1) is 6.99. The summed E-state index contributed by atoms with van der Waals surface area (Å²) in [4.78, 5) is 0. The fourth-order valence-corrected chi connectivity index (χ4v) is 3.60. The second-order valence-electron chi connectivity index (χ2n) is 3.46. The molecule has 0 saturated carbocycles. The van der Waals surface area contributed by atoms with E-state index >= 15 is 0 Å². The van der Waals surface area contributed by atoms with Crippen LogP contribution in [0.25, 0.3) is 0 Å². The maximum absolute atomic E-state index is 3.57. The van der Waals surface area contributed by atoms with Crippen LogP contribution in [0.5, 0.6) is 0 Å². The third-order valence-corrected chi connectivity index (χ3v) is 4.04. The minimum atomic E-state index is 0.809. The van der Waals surface area contributed by atoms with Crippen molar-refractivity contribution in [1.29, 1.82) is 0 Å². The summed E-state index contributed by atoms with van der Waals surface area (Å²) in [6.45, 7) is 3.60. The molecule has 58 valence electrons. The molecule has 2 fully saturated rings.